The zero-order chi connectivity index (χ0) is 19.4. The number of piperazine rings is 1. The fourth-order valence-electron chi connectivity index (χ4n) is 2.76. The van der Waals surface area contributed by atoms with Crippen LogP contribution in [0.25, 0.3) is 0 Å². The largest absolute Gasteiger partial charge is 0.335 e. The molecule has 0 unspecified atom stereocenters. The van der Waals surface area contributed by atoms with Crippen LogP contribution in [0.1, 0.15) is 20.8 Å². The molecule has 1 aliphatic rings. The molecular formula is C18H18F2N4O2S. The van der Waals surface area contributed by atoms with Crippen LogP contribution < -0.4 is 5.32 Å². The maximum Gasteiger partial charge on any atom is 0.273 e. The van der Waals surface area contributed by atoms with E-state index in [2.05, 4.69) is 21.8 Å². The average Bonchev–Trinajstić information content (AvgIpc) is 3.09. The van der Waals surface area contributed by atoms with E-state index < -0.39 is 17.5 Å². The molecule has 0 radical (unpaired) electrons. The zero-order valence-corrected chi connectivity index (χ0v) is 15.3. The van der Waals surface area contributed by atoms with Crippen molar-refractivity contribution < 1.29 is 18.4 Å². The second-order valence-electron chi connectivity index (χ2n) is 6.03. The van der Waals surface area contributed by atoms with E-state index in [0.29, 0.717) is 19.2 Å². The van der Waals surface area contributed by atoms with Crippen molar-refractivity contribution >= 4 is 28.3 Å². The Balaban J connectivity index is 1.62. The van der Waals surface area contributed by atoms with Crippen molar-refractivity contribution in [1.82, 2.24) is 14.8 Å². The van der Waals surface area contributed by atoms with E-state index >= 15 is 0 Å². The molecule has 1 aliphatic heterocycles. The van der Waals surface area contributed by atoms with Crippen LogP contribution in [0.4, 0.5) is 13.9 Å². The summed E-state index contributed by atoms with van der Waals surface area (Å²) in [5, 5.41) is 4.21. The first-order valence-corrected chi connectivity index (χ1v) is 9.19. The van der Waals surface area contributed by atoms with Crippen LogP contribution in [-0.2, 0) is 0 Å². The molecule has 27 heavy (non-hydrogen) atoms. The van der Waals surface area contributed by atoms with Gasteiger partial charge in [0.05, 0.1) is 0 Å². The Morgan fingerprint density at radius 1 is 1.19 bits per heavy atom. The van der Waals surface area contributed by atoms with Gasteiger partial charge < -0.3 is 4.90 Å². The number of hydrogen-bond donors (Lipinski definition) is 1. The summed E-state index contributed by atoms with van der Waals surface area (Å²) in [5.74, 6) is -2.59. The van der Waals surface area contributed by atoms with E-state index in [9.17, 15) is 18.4 Å². The predicted octanol–water partition coefficient (Wildman–Crippen LogP) is 2.62. The van der Waals surface area contributed by atoms with Gasteiger partial charge in [0.2, 0.25) is 0 Å². The van der Waals surface area contributed by atoms with Gasteiger partial charge in [-0.05, 0) is 12.1 Å². The molecule has 2 heterocycles. The van der Waals surface area contributed by atoms with Crippen LogP contribution in [0.2, 0.25) is 0 Å². The second kappa shape index (κ2) is 8.36. The van der Waals surface area contributed by atoms with E-state index in [0.717, 1.165) is 43.1 Å². The maximum atomic E-state index is 13.2. The summed E-state index contributed by atoms with van der Waals surface area (Å²) in [6.45, 7) is 7.20. The van der Waals surface area contributed by atoms with Crippen LogP contribution in [0, 0.1) is 11.6 Å². The Kier molecular flexibility index (Phi) is 5.92. The molecule has 0 aliphatic carbocycles. The second-order valence-corrected chi connectivity index (χ2v) is 6.89. The monoisotopic (exact) mass is 392 g/mol. The molecule has 0 saturated carbocycles. The molecule has 1 fully saturated rings. The van der Waals surface area contributed by atoms with Crippen LogP contribution in [0.15, 0.2) is 36.2 Å². The highest BCUT2D eigenvalue weighted by Gasteiger charge is 2.23. The van der Waals surface area contributed by atoms with E-state index in [4.69, 9.17) is 0 Å². The molecule has 2 aromatic rings. The third-order valence-corrected chi connectivity index (χ3v) is 4.87. The number of carbonyl (C=O) groups is 2. The number of hydrogen-bond acceptors (Lipinski definition) is 5. The summed E-state index contributed by atoms with van der Waals surface area (Å²) in [6, 6.07) is 2.55. The van der Waals surface area contributed by atoms with Crippen LogP contribution in [0.5, 0.6) is 0 Å². The first-order valence-electron chi connectivity index (χ1n) is 8.32. The molecular weight excluding hydrogens is 374 g/mol. The van der Waals surface area contributed by atoms with Gasteiger partial charge in [0.15, 0.2) is 5.13 Å². The number of carbonyl (C=O) groups excluding carboxylic acids is 2. The van der Waals surface area contributed by atoms with Crippen molar-refractivity contribution in [1.29, 1.82) is 0 Å². The standard InChI is InChI=1S/C18H18F2N4O2S/c1-2-3-23-4-6-24(7-5-23)17(26)15-11-27-18(21-15)22-16(25)12-8-13(19)10-14(20)9-12/h2,8-11H,1,3-7H2,(H,21,22,25). The molecule has 1 aromatic carbocycles. The van der Waals surface area contributed by atoms with E-state index in [1.807, 2.05) is 6.08 Å². The van der Waals surface area contributed by atoms with Gasteiger partial charge in [-0.2, -0.15) is 0 Å². The minimum Gasteiger partial charge on any atom is -0.335 e. The lowest BCUT2D eigenvalue weighted by Crippen LogP contribution is -2.48. The molecule has 1 N–H and O–H groups in total. The summed E-state index contributed by atoms with van der Waals surface area (Å²) >= 11 is 1.08. The van der Waals surface area contributed by atoms with Crippen molar-refractivity contribution in [3.8, 4) is 0 Å². The van der Waals surface area contributed by atoms with Crippen LogP contribution in [0.3, 0.4) is 0 Å². The van der Waals surface area contributed by atoms with Gasteiger partial charge in [-0.15, -0.1) is 17.9 Å². The minimum absolute atomic E-state index is 0.158. The number of nitrogens with zero attached hydrogens (tertiary/aromatic N) is 3. The summed E-state index contributed by atoms with van der Waals surface area (Å²) in [6.07, 6.45) is 1.83. The quantitative estimate of drug-likeness (QED) is 0.795. The third kappa shape index (κ3) is 4.75. The minimum atomic E-state index is -0.842. The first kappa shape index (κ1) is 19.1. The number of anilines is 1. The molecule has 142 valence electrons. The van der Waals surface area contributed by atoms with Crippen molar-refractivity contribution in [2.45, 2.75) is 0 Å². The summed E-state index contributed by atoms with van der Waals surface area (Å²) in [5.41, 5.74) is 0.0758. The summed E-state index contributed by atoms with van der Waals surface area (Å²) in [4.78, 5) is 32.7. The predicted molar refractivity (Wildman–Crippen MR) is 99.0 cm³/mol. The molecule has 1 saturated heterocycles. The summed E-state index contributed by atoms with van der Waals surface area (Å²) < 4.78 is 26.5. The van der Waals surface area contributed by atoms with Crippen molar-refractivity contribution in [3.63, 3.8) is 0 Å². The molecule has 0 spiro atoms. The highest BCUT2D eigenvalue weighted by atomic mass is 32.1. The Bertz CT molecular complexity index is 843. The highest BCUT2D eigenvalue weighted by molar-refractivity contribution is 7.14. The Hall–Kier alpha value is -2.65. The zero-order valence-electron chi connectivity index (χ0n) is 14.5. The van der Waals surface area contributed by atoms with E-state index in [1.165, 1.54) is 0 Å². The topological polar surface area (TPSA) is 65.5 Å². The number of rotatable bonds is 5. The lowest BCUT2D eigenvalue weighted by atomic mass is 10.2. The molecule has 3 rings (SSSR count). The van der Waals surface area contributed by atoms with Gasteiger partial charge in [-0.1, -0.05) is 6.08 Å². The van der Waals surface area contributed by atoms with Gasteiger partial charge >= 0.3 is 0 Å². The Morgan fingerprint density at radius 3 is 2.48 bits per heavy atom. The molecule has 0 atom stereocenters. The molecule has 6 nitrogen and oxygen atoms in total. The lowest BCUT2D eigenvalue weighted by Gasteiger charge is -2.33. The van der Waals surface area contributed by atoms with Crippen LogP contribution >= 0.6 is 11.3 Å². The fourth-order valence-corrected chi connectivity index (χ4v) is 3.44. The number of amides is 2. The Morgan fingerprint density at radius 2 is 1.85 bits per heavy atom. The Labute approximate surface area is 159 Å². The lowest BCUT2D eigenvalue weighted by molar-refractivity contribution is 0.0645. The van der Waals surface area contributed by atoms with Crippen LogP contribution in [-0.4, -0.2) is 59.3 Å². The first-order chi connectivity index (χ1) is 13.0. The van der Waals surface area contributed by atoms with E-state index in [1.54, 1.807) is 10.3 Å². The highest BCUT2D eigenvalue weighted by Crippen LogP contribution is 2.19. The van der Waals surface area contributed by atoms with Gasteiger partial charge in [0, 0.05) is 49.7 Å². The summed E-state index contributed by atoms with van der Waals surface area (Å²) in [7, 11) is 0. The smallest absolute Gasteiger partial charge is 0.273 e. The fraction of sp³-hybridized carbons (Fsp3) is 0.278. The number of aromatic nitrogens is 1. The van der Waals surface area contributed by atoms with Crippen molar-refractivity contribution in [3.05, 3.63) is 59.1 Å². The van der Waals surface area contributed by atoms with Gasteiger partial charge in [-0.3, -0.25) is 19.8 Å². The van der Waals surface area contributed by atoms with Gasteiger partial charge in [0.1, 0.15) is 17.3 Å². The number of nitrogens with one attached hydrogen (secondary N) is 1. The van der Waals surface area contributed by atoms with Crippen molar-refractivity contribution in [2.75, 3.05) is 38.0 Å². The average molecular weight is 392 g/mol. The van der Waals surface area contributed by atoms with Gasteiger partial charge in [0.25, 0.3) is 11.8 Å². The molecule has 0 bridgehead atoms. The number of thiazole rings is 1. The maximum absolute atomic E-state index is 13.2. The SMILES string of the molecule is C=CCN1CCN(C(=O)c2csc(NC(=O)c3cc(F)cc(F)c3)n2)CC1. The number of benzene rings is 1. The number of halogens is 2. The molecule has 9 heteroatoms. The molecule has 1 aromatic heterocycles. The molecule has 2 amide bonds. The van der Waals surface area contributed by atoms with Crippen molar-refractivity contribution in [2.24, 2.45) is 0 Å². The van der Waals surface area contributed by atoms with Gasteiger partial charge in [-0.25, -0.2) is 13.8 Å². The van der Waals surface area contributed by atoms with E-state index in [-0.39, 0.29) is 22.3 Å². The normalized spacial score (nSPS) is 14.8. The third-order valence-electron chi connectivity index (χ3n) is 4.12.